The van der Waals surface area contributed by atoms with Crippen molar-refractivity contribution < 1.29 is 8.42 Å². The Hall–Kier alpha value is -0.170. The molecule has 1 aliphatic heterocycles. The molecule has 0 aromatic carbocycles. The van der Waals surface area contributed by atoms with Crippen LogP contribution in [-0.4, -0.2) is 45.4 Å². The van der Waals surface area contributed by atoms with E-state index in [1.165, 1.54) is 12.8 Å². The van der Waals surface area contributed by atoms with Gasteiger partial charge in [0.25, 0.3) is 10.2 Å². The molecule has 2 unspecified atom stereocenters. The zero-order valence-corrected chi connectivity index (χ0v) is 13.6. The Morgan fingerprint density at radius 1 is 1.20 bits per heavy atom. The molecule has 0 aromatic heterocycles. The maximum atomic E-state index is 12.5. The molecule has 2 aliphatic rings. The zero-order chi connectivity index (χ0) is 14.6. The van der Waals surface area contributed by atoms with Crippen LogP contribution in [0.2, 0.25) is 0 Å². The summed E-state index contributed by atoms with van der Waals surface area (Å²) in [6.07, 6.45) is 6.88. The Morgan fingerprint density at radius 3 is 2.55 bits per heavy atom. The minimum absolute atomic E-state index is 0.0622. The summed E-state index contributed by atoms with van der Waals surface area (Å²) < 4.78 is 29.5. The molecule has 0 amide bonds. The van der Waals surface area contributed by atoms with Crippen molar-refractivity contribution in [1.82, 2.24) is 14.3 Å². The summed E-state index contributed by atoms with van der Waals surface area (Å²) in [5.41, 5.74) is 0. The average molecular weight is 303 g/mol. The third-order valence-corrected chi connectivity index (χ3v) is 6.44. The fraction of sp³-hybridized carbons (Fsp3) is 1.00. The van der Waals surface area contributed by atoms with Crippen LogP contribution in [0.25, 0.3) is 0 Å². The van der Waals surface area contributed by atoms with Gasteiger partial charge >= 0.3 is 0 Å². The topological polar surface area (TPSA) is 61.4 Å². The largest absolute Gasteiger partial charge is 0.319 e. The lowest BCUT2D eigenvalue weighted by atomic mass is 10.00. The van der Waals surface area contributed by atoms with E-state index >= 15 is 0 Å². The van der Waals surface area contributed by atoms with Crippen LogP contribution in [0, 0.1) is 11.8 Å². The molecule has 2 fully saturated rings. The monoisotopic (exact) mass is 303 g/mol. The van der Waals surface area contributed by atoms with Gasteiger partial charge in [-0.1, -0.05) is 12.8 Å². The first kappa shape index (κ1) is 16.2. The summed E-state index contributed by atoms with van der Waals surface area (Å²) in [5.74, 6) is 0.954. The van der Waals surface area contributed by atoms with Crippen molar-refractivity contribution in [3.8, 4) is 0 Å². The minimum Gasteiger partial charge on any atom is -0.319 e. The van der Waals surface area contributed by atoms with Crippen LogP contribution in [0.4, 0.5) is 0 Å². The molecule has 0 bridgehead atoms. The quantitative estimate of drug-likeness (QED) is 0.778. The van der Waals surface area contributed by atoms with Gasteiger partial charge in [-0.05, 0) is 58.0 Å². The molecule has 2 atom stereocenters. The summed E-state index contributed by atoms with van der Waals surface area (Å²) >= 11 is 0. The highest BCUT2D eigenvalue weighted by Crippen LogP contribution is 2.28. The van der Waals surface area contributed by atoms with Crippen LogP contribution >= 0.6 is 0 Å². The molecule has 0 aromatic rings. The van der Waals surface area contributed by atoms with Crippen molar-refractivity contribution in [3.05, 3.63) is 0 Å². The minimum atomic E-state index is -3.32. The molecule has 1 saturated heterocycles. The lowest BCUT2D eigenvalue weighted by Crippen LogP contribution is -2.50. The van der Waals surface area contributed by atoms with Crippen LogP contribution in [-0.2, 0) is 10.2 Å². The van der Waals surface area contributed by atoms with Gasteiger partial charge in [-0.25, -0.2) is 0 Å². The summed E-state index contributed by atoms with van der Waals surface area (Å²) in [4.78, 5) is 0. The van der Waals surface area contributed by atoms with Crippen LogP contribution in [0.5, 0.6) is 0 Å². The number of nitrogens with one attached hydrogen (secondary N) is 2. The van der Waals surface area contributed by atoms with Gasteiger partial charge in [0.05, 0.1) is 0 Å². The lowest BCUT2D eigenvalue weighted by Gasteiger charge is -2.33. The number of hydrogen-bond donors (Lipinski definition) is 2. The Bertz CT molecular complexity index is 391. The van der Waals surface area contributed by atoms with Gasteiger partial charge < -0.3 is 5.32 Å². The van der Waals surface area contributed by atoms with Crippen molar-refractivity contribution in [1.29, 1.82) is 0 Å². The maximum Gasteiger partial charge on any atom is 0.279 e. The van der Waals surface area contributed by atoms with E-state index in [0.717, 1.165) is 32.2 Å². The molecule has 6 heteroatoms. The Morgan fingerprint density at radius 2 is 1.90 bits per heavy atom. The van der Waals surface area contributed by atoms with Gasteiger partial charge in [-0.15, -0.1) is 0 Å². The molecule has 2 rings (SSSR count). The first-order valence-corrected chi connectivity index (χ1v) is 9.39. The van der Waals surface area contributed by atoms with E-state index in [0.29, 0.717) is 24.9 Å². The maximum absolute atomic E-state index is 12.5. The van der Waals surface area contributed by atoms with Crippen molar-refractivity contribution in [2.24, 2.45) is 11.8 Å². The second-order valence-electron chi connectivity index (χ2n) is 6.38. The first-order chi connectivity index (χ1) is 9.53. The van der Waals surface area contributed by atoms with Gasteiger partial charge in [0.2, 0.25) is 0 Å². The van der Waals surface area contributed by atoms with Crippen LogP contribution < -0.4 is 10.0 Å². The van der Waals surface area contributed by atoms with Gasteiger partial charge in [-0.3, -0.25) is 0 Å². The van der Waals surface area contributed by atoms with E-state index in [1.807, 2.05) is 14.0 Å². The highest BCUT2D eigenvalue weighted by molar-refractivity contribution is 7.87. The highest BCUT2D eigenvalue weighted by atomic mass is 32.2. The van der Waals surface area contributed by atoms with E-state index in [9.17, 15) is 8.42 Å². The Kier molecular flexibility index (Phi) is 5.84. The van der Waals surface area contributed by atoms with Crippen molar-refractivity contribution in [2.75, 3.05) is 26.7 Å². The van der Waals surface area contributed by atoms with Crippen LogP contribution in [0.3, 0.4) is 0 Å². The van der Waals surface area contributed by atoms with E-state index in [1.54, 1.807) is 4.31 Å². The van der Waals surface area contributed by atoms with Gasteiger partial charge in [-0.2, -0.15) is 17.4 Å². The molecule has 2 N–H and O–H groups in total. The molecule has 1 heterocycles. The summed E-state index contributed by atoms with van der Waals surface area (Å²) in [7, 11) is -1.39. The number of nitrogens with zero attached hydrogens (tertiary/aromatic N) is 1. The zero-order valence-electron chi connectivity index (χ0n) is 12.8. The molecule has 20 heavy (non-hydrogen) atoms. The van der Waals surface area contributed by atoms with Gasteiger partial charge in [0.1, 0.15) is 0 Å². The number of rotatable bonds is 6. The molecule has 5 nitrogen and oxygen atoms in total. The predicted octanol–water partition coefficient (Wildman–Crippen LogP) is 1.33. The average Bonchev–Trinajstić information content (AvgIpc) is 2.93. The van der Waals surface area contributed by atoms with Crippen molar-refractivity contribution in [2.45, 2.75) is 51.5 Å². The third kappa shape index (κ3) is 4.16. The smallest absolute Gasteiger partial charge is 0.279 e. The first-order valence-electron chi connectivity index (χ1n) is 7.95. The standard InChI is InChI=1S/C14H29N3O2S/c1-12(14-7-3-4-8-14)16-20(18,19)17-9-5-6-13(11-17)10-15-2/h12-16H,3-11H2,1-2H3. The van der Waals surface area contributed by atoms with E-state index < -0.39 is 10.2 Å². The molecule has 0 radical (unpaired) electrons. The summed E-state index contributed by atoms with van der Waals surface area (Å²) in [6, 6.07) is 0.0622. The molecule has 1 saturated carbocycles. The predicted molar refractivity (Wildman–Crippen MR) is 81.7 cm³/mol. The van der Waals surface area contributed by atoms with Crippen LogP contribution in [0.15, 0.2) is 0 Å². The molecule has 0 spiro atoms. The van der Waals surface area contributed by atoms with Gasteiger partial charge in [0.15, 0.2) is 0 Å². The second kappa shape index (κ2) is 7.20. The van der Waals surface area contributed by atoms with Gasteiger partial charge in [0, 0.05) is 19.1 Å². The number of hydrogen-bond acceptors (Lipinski definition) is 3. The van der Waals surface area contributed by atoms with E-state index in [-0.39, 0.29) is 6.04 Å². The molecular weight excluding hydrogens is 274 g/mol. The molecule has 1 aliphatic carbocycles. The van der Waals surface area contributed by atoms with Crippen molar-refractivity contribution in [3.63, 3.8) is 0 Å². The molecule has 118 valence electrons. The highest BCUT2D eigenvalue weighted by Gasteiger charge is 2.31. The normalized spacial score (nSPS) is 27.8. The Labute approximate surface area is 123 Å². The molecular formula is C14H29N3O2S. The third-order valence-electron chi connectivity index (χ3n) is 4.76. The SMILES string of the molecule is CNCC1CCCN(S(=O)(=O)NC(C)C2CCCC2)C1. The van der Waals surface area contributed by atoms with Crippen molar-refractivity contribution >= 4 is 10.2 Å². The van der Waals surface area contributed by atoms with E-state index in [2.05, 4.69) is 10.0 Å². The lowest BCUT2D eigenvalue weighted by molar-refractivity contribution is 0.257. The van der Waals surface area contributed by atoms with E-state index in [4.69, 9.17) is 0 Å². The second-order valence-corrected chi connectivity index (χ2v) is 8.08. The number of piperidine rings is 1. The van der Waals surface area contributed by atoms with Crippen LogP contribution in [0.1, 0.15) is 45.4 Å². The summed E-state index contributed by atoms with van der Waals surface area (Å²) in [6.45, 7) is 4.22. The summed E-state index contributed by atoms with van der Waals surface area (Å²) in [5, 5.41) is 3.15. The fourth-order valence-corrected chi connectivity index (χ4v) is 5.15. The fourth-order valence-electron chi connectivity index (χ4n) is 3.56. The Balaban J connectivity index is 1.91.